The molecule has 2 rings (SSSR count). The summed E-state index contributed by atoms with van der Waals surface area (Å²) in [6.45, 7) is 18.7. The van der Waals surface area contributed by atoms with Gasteiger partial charge >= 0.3 is 6.03 Å². The second kappa shape index (κ2) is 11.0. The molecule has 0 radical (unpaired) electrons. The smallest absolute Gasteiger partial charge is 0.337 e. The van der Waals surface area contributed by atoms with Crippen molar-refractivity contribution in [2.24, 2.45) is 5.10 Å². The predicted molar refractivity (Wildman–Crippen MR) is 139 cm³/mol. The topological polar surface area (TPSA) is 77.5 Å². The van der Waals surface area contributed by atoms with Gasteiger partial charge in [0.05, 0.1) is 5.71 Å². The van der Waals surface area contributed by atoms with E-state index >= 15 is 0 Å². The molecule has 1 N–H and O–H groups in total. The number of hydrazone groups is 1. The molecule has 0 aromatic heterocycles. The Kier molecular flexibility index (Phi) is 9.05. The first kappa shape index (κ1) is 27.3. The van der Waals surface area contributed by atoms with Gasteiger partial charge in [0.2, 0.25) is 0 Å². The normalized spacial score (nSPS) is 15.2. The van der Waals surface area contributed by atoms with Crippen molar-refractivity contribution in [3.63, 3.8) is 0 Å². The average molecular weight is 478 g/mol. The van der Waals surface area contributed by atoms with Crippen LogP contribution in [-0.4, -0.2) is 68.6 Å². The van der Waals surface area contributed by atoms with Gasteiger partial charge in [-0.2, -0.15) is 5.10 Å². The molecule has 33 heavy (non-hydrogen) atoms. The Morgan fingerprint density at radius 2 is 1.39 bits per heavy atom. The van der Waals surface area contributed by atoms with Gasteiger partial charge in [0.25, 0.3) is 5.91 Å². The van der Waals surface area contributed by atoms with Crippen LogP contribution in [0.15, 0.2) is 35.4 Å². The van der Waals surface area contributed by atoms with Crippen molar-refractivity contribution in [1.82, 2.24) is 14.3 Å². The standard InChI is InChI=1S/C24H40N5O3P/c1-16(2)28(17(3)4)33(32-10,29(18(5)6)19(7)8)22-20(9)26-27(23(22)30)24(31)25-21-14-12-11-13-15-21/h11-19H,1-10H3,(H,25,31). The summed E-state index contributed by atoms with van der Waals surface area (Å²) in [5.74, 6) is -0.436. The van der Waals surface area contributed by atoms with Gasteiger partial charge in [-0.1, -0.05) is 18.2 Å². The molecule has 3 amide bonds. The number of urea groups is 1. The zero-order valence-electron chi connectivity index (χ0n) is 21.7. The molecule has 9 heteroatoms. The molecule has 0 spiro atoms. The van der Waals surface area contributed by atoms with E-state index in [1.54, 1.807) is 26.2 Å². The number of carbonyl (C=O) groups excluding carboxylic acids is 2. The number of amides is 3. The lowest BCUT2D eigenvalue weighted by molar-refractivity contribution is -0.120. The van der Waals surface area contributed by atoms with Crippen molar-refractivity contribution < 1.29 is 14.1 Å². The first-order valence-corrected chi connectivity index (χ1v) is 13.2. The van der Waals surface area contributed by atoms with Crippen LogP contribution >= 0.6 is 7.41 Å². The Hall–Kier alpha value is -1.99. The number of nitrogens with zero attached hydrogens (tertiary/aromatic N) is 4. The van der Waals surface area contributed by atoms with Crippen LogP contribution in [0.5, 0.6) is 0 Å². The number of nitrogens with one attached hydrogen (secondary N) is 1. The molecule has 1 aliphatic rings. The predicted octanol–water partition coefficient (Wildman–Crippen LogP) is 5.26. The summed E-state index contributed by atoms with van der Waals surface area (Å²) in [5, 5.41) is 8.58. The second-order valence-corrected chi connectivity index (χ2v) is 12.1. The highest BCUT2D eigenvalue weighted by Gasteiger charge is 2.48. The summed E-state index contributed by atoms with van der Waals surface area (Å²) in [5.41, 5.74) is 1.11. The minimum Gasteiger partial charge on any atom is -0.337 e. The monoisotopic (exact) mass is 477 g/mol. The van der Waals surface area contributed by atoms with E-state index in [0.29, 0.717) is 16.7 Å². The van der Waals surface area contributed by atoms with Crippen LogP contribution in [-0.2, 0) is 9.32 Å². The molecule has 1 aromatic carbocycles. The maximum absolute atomic E-state index is 13.9. The Morgan fingerprint density at radius 3 is 1.79 bits per heavy atom. The molecule has 1 aliphatic heterocycles. The van der Waals surface area contributed by atoms with Crippen molar-refractivity contribution in [2.75, 3.05) is 12.4 Å². The summed E-state index contributed by atoms with van der Waals surface area (Å²) in [4.78, 5) is 26.9. The second-order valence-electron chi connectivity index (χ2n) is 9.31. The SMILES string of the molecule is COP(=C1C(=O)N(C(=O)Nc2ccccc2)N=C1C)(N(C(C)C)C(C)C)N(C(C)C)C(C)C. The van der Waals surface area contributed by atoms with Gasteiger partial charge in [-0.05, 0) is 74.4 Å². The average Bonchev–Trinajstić information content (AvgIpc) is 3.01. The van der Waals surface area contributed by atoms with Gasteiger partial charge in [-0.25, -0.2) is 14.1 Å². The molecule has 1 heterocycles. The quantitative estimate of drug-likeness (QED) is 0.517. The summed E-state index contributed by atoms with van der Waals surface area (Å²) in [6, 6.07) is 8.84. The number of benzene rings is 1. The van der Waals surface area contributed by atoms with E-state index in [2.05, 4.69) is 75.1 Å². The molecule has 1 aromatic rings. The van der Waals surface area contributed by atoms with Gasteiger partial charge in [0.15, 0.2) is 7.41 Å². The lowest BCUT2D eigenvalue weighted by Gasteiger charge is -2.51. The van der Waals surface area contributed by atoms with Crippen molar-refractivity contribution in [2.45, 2.75) is 86.5 Å². The molecule has 0 saturated carbocycles. The molecular weight excluding hydrogens is 437 g/mol. The lowest BCUT2D eigenvalue weighted by atomic mass is 10.3. The van der Waals surface area contributed by atoms with Gasteiger partial charge in [-0.3, -0.25) is 4.79 Å². The van der Waals surface area contributed by atoms with Crippen molar-refractivity contribution in [1.29, 1.82) is 0 Å². The molecule has 184 valence electrons. The zero-order chi connectivity index (χ0) is 25.1. The lowest BCUT2D eigenvalue weighted by Crippen LogP contribution is -2.49. The number of carbonyl (C=O) groups is 2. The third kappa shape index (κ3) is 5.24. The summed E-state index contributed by atoms with van der Waals surface area (Å²) < 4.78 is 11.0. The van der Waals surface area contributed by atoms with E-state index in [4.69, 9.17) is 4.52 Å². The largest absolute Gasteiger partial charge is 0.349 e. The minimum atomic E-state index is -2.86. The molecule has 0 fully saturated rings. The summed E-state index contributed by atoms with van der Waals surface area (Å²) >= 11 is 0. The Bertz CT molecular complexity index is 901. The highest BCUT2D eigenvalue weighted by atomic mass is 31.2. The van der Waals surface area contributed by atoms with E-state index in [9.17, 15) is 9.59 Å². The van der Waals surface area contributed by atoms with Crippen LogP contribution in [0.25, 0.3) is 0 Å². The number of hydrogen-bond acceptors (Lipinski definition) is 6. The Balaban J connectivity index is 2.76. The fourth-order valence-electron chi connectivity index (χ4n) is 4.74. The van der Waals surface area contributed by atoms with Crippen LogP contribution in [0.1, 0.15) is 62.3 Å². The van der Waals surface area contributed by atoms with Crippen LogP contribution in [0.4, 0.5) is 10.5 Å². The third-order valence-corrected chi connectivity index (χ3v) is 10.2. The number of anilines is 1. The molecule has 0 bridgehead atoms. The highest BCUT2D eigenvalue weighted by molar-refractivity contribution is 7.71. The van der Waals surface area contributed by atoms with Crippen LogP contribution in [0.3, 0.4) is 0 Å². The number of imide groups is 1. The summed E-state index contributed by atoms with van der Waals surface area (Å²) in [6.07, 6.45) is 0. The van der Waals surface area contributed by atoms with Crippen LogP contribution < -0.4 is 5.32 Å². The molecule has 0 saturated heterocycles. The Morgan fingerprint density at radius 1 is 0.939 bits per heavy atom. The molecule has 0 atom stereocenters. The van der Waals surface area contributed by atoms with E-state index in [0.717, 1.165) is 5.01 Å². The van der Waals surface area contributed by atoms with Gasteiger partial charge in [0.1, 0.15) is 5.29 Å². The number of rotatable bonds is 8. The molecular formula is C24H40N5O3P. The first-order chi connectivity index (χ1) is 15.4. The Labute approximate surface area is 199 Å². The van der Waals surface area contributed by atoms with Crippen molar-refractivity contribution >= 4 is 36.0 Å². The van der Waals surface area contributed by atoms with Gasteiger partial charge in [0, 0.05) is 37.0 Å². The highest BCUT2D eigenvalue weighted by Crippen LogP contribution is 2.61. The summed E-state index contributed by atoms with van der Waals surface area (Å²) in [7, 11) is -1.19. The van der Waals surface area contributed by atoms with E-state index < -0.39 is 19.4 Å². The zero-order valence-corrected chi connectivity index (χ0v) is 22.6. The first-order valence-electron chi connectivity index (χ1n) is 11.6. The molecule has 0 aliphatic carbocycles. The fourth-order valence-corrected chi connectivity index (χ4v) is 9.32. The van der Waals surface area contributed by atoms with E-state index in [1.165, 1.54) is 0 Å². The number of hydrogen-bond donors (Lipinski definition) is 1. The van der Waals surface area contributed by atoms with Gasteiger partial charge in [-0.15, -0.1) is 5.01 Å². The molecule has 8 nitrogen and oxygen atoms in total. The van der Waals surface area contributed by atoms with Gasteiger partial charge < -0.3 is 9.84 Å². The van der Waals surface area contributed by atoms with Crippen LogP contribution in [0, 0.1) is 0 Å². The van der Waals surface area contributed by atoms with E-state index in [1.807, 2.05) is 18.2 Å². The van der Waals surface area contributed by atoms with Crippen LogP contribution in [0.2, 0.25) is 0 Å². The maximum Gasteiger partial charge on any atom is 0.349 e. The molecule has 0 unspecified atom stereocenters. The van der Waals surface area contributed by atoms with Crippen molar-refractivity contribution in [3.8, 4) is 0 Å². The maximum atomic E-state index is 13.9. The van der Waals surface area contributed by atoms with Crippen molar-refractivity contribution in [3.05, 3.63) is 30.3 Å². The van der Waals surface area contributed by atoms with E-state index in [-0.39, 0.29) is 24.2 Å². The minimum absolute atomic E-state index is 0.0959. The number of para-hydroxylation sites is 1. The fraction of sp³-hybridized carbons (Fsp3) is 0.583. The third-order valence-electron chi connectivity index (χ3n) is 5.49.